The molecular weight excluding hydrogens is 228 g/mol. The summed E-state index contributed by atoms with van der Waals surface area (Å²) in [5.74, 6) is 1.73. The Kier molecular flexibility index (Phi) is 5.99. The molecule has 3 heteroatoms. The van der Waals surface area contributed by atoms with E-state index in [0.717, 1.165) is 36.3 Å². The molecule has 2 unspecified atom stereocenters. The van der Waals surface area contributed by atoms with Crippen LogP contribution < -0.4 is 9.47 Å². The molecule has 0 heterocycles. The molecule has 0 amide bonds. The summed E-state index contributed by atoms with van der Waals surface area (Å²) in [5, 5.41) is 9.95. The van der Waals surface area contributed by atoms with Gasteiger partial charge in [-0.2, -0.15) is 0 Å². The molecule has 1 aromatic rings. The van der Waals surface area contributed by atoms with Gasteiger partial charge in [0.2, 0.25) is 0 Å². The van der Waals surface area contributed by atoms with E-state index in [2.05, 4.69) is 13.8 Å². The molecule has 18 heavy (non-hydrogen) atoms. The highest BCUT2D eigenvalue weighted by Crippen LogP contribution is 2.29. The summed E-state index contributed by atoms with van der Waals surface area (Å²) in [6, 6.07) is 5.91. The Balaban J connectivity index is 2.72. The topological polar surface area (TPSA) is 38.7 Å². The largest absolute Gasteiger partial charge is 0.493 e. The van der Waals surface area contributed by atoms with Crippen molar-refractivity contribution in [3.63, 3.8) is 0 Å². The lowest BCUT2D eigenvalue weighted by Crippen LogP contribution is -2.19. The van der Waals surface area contributed by atoms with Gasteiger partial charge in [0, 0.05) is 0 Å². The lowest BCUT2D eigenvalue weighted by atomic mass is 9.93. The maximum absolute atomic E-state index is 9.95. The van der Waals surface area contributed by atoms with Crippen molar-refractivity contribution in [2.24, 2.45) is 5.92 Å². The minimum Gasteiger partial charge on any atom is -0.493 e. The van der Waals surface area contributed by atoms with Crippen molar-refractivity contribution in [3.8, 4) is 11.5 Å². The summed E-state index contributed by atoms with van der Waals surface area (Å²) in [5.41, 5.74) is 1.16. The first kappa shape index (κ1) is 14.8. The number of ether oxygens (including phenoxy) is 2. The average molecular weight is 252 g/mol. The van der Waals surface area contributed by atoms with E-state index in [9.17, 15) is 5.11 Å². The average Bonchev–Trinajstić information content (AvgIpc) is 2.38. The number of rotatable bonds is 7. The van der Waals surface area contributed by atoms with Crippen molar-refractivity contribution < 1.29 is 14.6 Å². The smallest absolute Gasteiger partial charge is 0.160 e. The predicted molar refractivity (Wildman–Crippen MR) is 73.3 cm³/mol. The van der Waals surface area contributed by atoms with Crippen molar-refractivity contribution in [2.45, 2.75) is 39.2 Å². The second-order valence-electron chi connectivity index (χ2n) is 4.73. The van der Waals surface area contributed by atoms with Gasteiger partial charge in [-0.15, -0.1) is 0 Å². The van der Waals surface area contributed by atoms with E-state index in [1.807, 2.05) is 18.2 Å². The fraction of sp³-hybridized carbons (Fsp3) is 0.600. The van der Waals surface area contributed by atoms with Gasteiger partial charge in [-0.3, -0.25) is 0 Å². The van der Waals surface area contributed by atoms with Gasteiger partial charge >= 0.3 is 0 Å². The molecule has 0 aliphatic carbocycles. The Hall–Kier alpha value is -1.22. The number of aliphatic hydroxyl groups is 1. The first-order valence-corrected chi connectivity index (χ1v) is 6.51. The fourth-order valence-electron chi connectivity index (χ4n) is 2.10. The van der Waals surface area contributed by atoms with Crippen LogP contribution >= 0.6 is 0 Å². The maximum atomic E-state index is 9.95. The van der Waals surface area contributed by atoms with Gasteiger partial charge in [0.1, 0.15) is 0 Å². The molecule has 1 N–H and O–H groups in total. The van der Waals surface area contributed by atoms with E-state index in [-0.39, 0.29) is 12.0 Å². The first-order valence-electron chi connectivity index (χ1n) is 6.51. The van der Waals surface area contributed by atoms with E-state index in [4.69, 9.17) is 9.47 Å². The molecule has 1 aromatic carbocycles. The first-order chi connectivity index (χ1) is 8.62. The molecule has 0 aliphatic rings. The molecule has 0 bridgehead atoms. The lowest BCUT2D eigenvalue weighted by Gasteiger charge is -2.19. The molecule has 2 atom stereocenters. The monoisotopic (exact) mass is 252 g/mol. The van der Waals surface area contributed by atoms with Crippen LogP contribution in [-0.4, -0.2) is 25.4 Å². The number of hydrogen-bond donors (Lipinski definition) is 1. The van der Waals surface area contributed by atoms with E-state index < -0.39 is 0 Å². The minimum absolute atomic E-state index is 0.233. The minimum atomic E-state index is -0.233. The van der Waals surface area contributed by atoms with Gasteiger partial charge in [0.05, 0.1) is 20.3 Å². The van der Waals surface area contributed by atoms with Crippen molar-refractivity contribution in [1.29, 1.82) is 0 Å². The Labute approximate surface area is 110 Å². The third-order valence-corrected chi connectivity index (χ3v) is 3.25. The molecule has 1 rings (SSSR count). The summed E-state index contributed by atoms with van der Waals surface area (Å²) in [4.78, 5) is 0. The van der Waals surface area contributed by atoms with Gasteiger partial charge in [0.15, 0.2) is 11.5 Å². The fourth-order valence-corrected chi connectivity index (χ4v) is 2.10. The van der Waals surface area contributed by atoms with Gasteiger partial charge in [-0.05, 0) is 36.5 Å². The van der Waals surface area contributed by atoms with Crippen LogP contribution in [0, 0.1) is 5.92 Å². The van der Waals surface area contributed by atoms with Crippen molar-refractivity contribution in [3.05, 3.63) is 23.8 Å². The number of hydrogen-bond acceptors (Lipinski definition) is 3. The standard InChI is InChI=1S/C15H24O3/c1-5-6-13(16)11(2)9-12-7-8-14(17-3)15(10-12)18-4/h7-8,10-11,13,16H,5-6,9H2,1-4H3. The van der Waals surface area contributed by atoms with Crippen LogP contribution in [0.15, 0.2) is 18.2 Å². The van der Waals surface area contributed by atoms with Crippen LogP contribution in [0.1, 0.15) is 32.3 Å². The quantitative estimate of drug-likeness (QED) is 0.810. The molecular formula is C15H24O3. The van der Waals surface area contributed by atoms with E-state index in [1.54, 1.807) is 14.2 Å². The zero-order valence-corrected chi connectivity index (χ0v) is 11.8. The third-order valence-electron chi connectivity index (χ3n) is 3.25. The van der Waals surface area contributed by atoms with E-state index in [0.29, 0.717) is 0 Å². The highest BCUT2D eigenvalue weighted by atomic mass is 16.5. The SMILES string of the molecule is CCCC(O)C(C)Cc1ccc(OC)c(OC)c1. The Morgan fingerprint density at radius 2 is 1.83 bits per heavy atom. The number of aliphatic hydroxyl groups excluding tert-OH is 1. The summed E-state index contributed by atoms with van der Waals surface area (Å²) in [7, 11) is 3.27. The van der Waals surface area contributed by atoms with Crippen LogP contribution in [0.2, 0.25) is 0 Å². The third kappa shape index (κ3) is 3.91. The van der Waals surface area contributed by atoms with Crippen LogP contribution in [0.3, 0.4) is 0 Å². The van der Waals surface area contributed by atoms with Crippen LogP contribution in [-0.2, 0) is 6.42 Å². The molecule has 0 radical (unpaired) electrons. The lowest BCUT2D eigenvalue weighted by molar-refractivity contribution is 0.107. The van der Waals surface area contributed by atoms with Crippen molar-refractivity contribution in [2.75, 3.05) is 14.2 Å². The molecule has 0 aliphatic heterocycles. The zero-order valence-electron chi connectivity index (χ0n) is 11.8. The van der Waals surface area contributed by atoms with E-state index >= 15 is 0 Å². The maximum Gasteiger partial charge on any atom is 0.160 e. The molecule has 0 aromatic heterocycles. The van der Waals surface area contributed by atoms with Crippen LogP contribution in [0.5, 0.6) is 11.5 Å². The second kappa shape index (κ2) is 7.27. The van der Waals surface area contributed by atoms with Gasteiger partial charge in [0.25, 0.3) is 0 Å². The number of benzene rings is 1. The van der Waals surface area contributed by atoms with Crippen LogP contribution in [0.25, 0.3) is 0 Å². The second-order valence-corrected chi connectivity index (χ2v) is 4.73. The number of methoxy groups -OCH3 is 2. The van der Waals surface area contributed by atoms with E-state index in [1.165, 1.54) is 0 Å². The van der Waals surface area contributed by atoms with Crippen LogP contribution in [0.4, 0.5) is 0 Å². The Morgan fingerprint density at radius 1 is 1.17 bits per heavy atom. The summed E-state index contributed by atoms with van der Waals surface area (Å²) in [6.07, 6.45) is 2.48. The molecule has 0 saturated carbocycles. The normalized spacial score (nSPS) is 14.1. The highest BCUT2D eigenvalue weighted by molar-refractivity contribution is 5.42. The summed E-state index contributed by atoms with van der Waals surface area (Å²) < 4.78 is 10.5. The van der Waals surface area contributed by atoms with Crippen molar-refractivity contribution in [1.82, 2.24) is 0 Å². The zero-order chi connectivity index (χ0) is 13.5. The predicted octanol–water partition coefficient (Wildman–Crippen LogP) is 3.04. The van der Waals surface area contributed by atoms with Crippen molar-refractivity contribution >= 4 is 0 Å². The highest BCUT2D eigenvalue weighted by Gasteiger charge is 2.14. The summed E-state index contributed by atoms with van der Waals surface area (Å²) in [6.45, 7) is 4.17. The Morgan fingerprint density at radius 3 is 2.39 bits per heavy atom. The molecule has 0 fully saturated rings. The Bertz CT molecular complexity index is 363. The summed E-state index contributed by atoms with van der Waals surface area (Å²) >= 11 is 0. The van der Waals surface area contributed by atoms with Gasteiger partial charge in [-0.25, -0.2) is 0 Å². The molecule has 0 saturated heterocycles. The van der Waals surface area contributed by atoms with Gasteiger partial charge < -0.3 is 14.6 Å². The molecule has 3 nitrogen and oxygen atoms in total. The van der Waals surface area contributed by atoms with Gasteiger partial charge in [-0.1, -0.05) is 26.3 Å². The molecule has 0 spiro atoms. The molecule has 102 valence electrons.